The highest BCUT2D eigenvalue weighted by Gasteiger charge is 2.22. The number of aromatic nitrogens is 1. The molecule has 1 aromatic carbocycles. The lowest BCUT2D eigenvalue weighted by Crippen LogP contribution is -2.37. The molecule has 2 rings (SSSR count). The van der Waals surface area contributed by atoms with Crippen LogP contribution in [0.15, 0.2) is 24.3 Å². The summed E-state index contributed by atoms with van der Waals surface area (Å²) < 4.78 is 14.0. The van der Waals surface area contributed by atoms with Crippen LogP contribution in [0.25, 0.3) is 10.6 Å². The molecule has 0 atom stereocenters. The third-order valence-corrected chi connectivity index (χ3v) is 5.23. The van der Waals surface area contributed by atoms with Crippen molar-refractivity contribution in [2.45, 2.75) is 20.8 Å². The van der Waals surface area contributed by atoms with E-state index < -0.39 is 0 Å². The average Bonchev–Trinajstić information content (AvgIpc) is 2.96. The normalized spacial score (nSPS) is 11.1. The van der Waals surface area contributed by atoms with Gasteiger partial charge in [-0.05, 0) is 39.6 Å². The fraction of sp³-hybridized carbons (Fsp3) is 0.444. The van der Waals surface area contributed by atoms with E-state index in [9.17, 15) is 9.18 Å². The number of hydrogen-bond acceptors (Lipinski definition) is 4. The van der Waals surface area contributed by atoms with E-state index in [0.29, 0.717) is 34.2 Å². The first kappa shape index (κ1) is 18.5. The number of benzene rings is 1. The summed E-state index contributed by atoms with van der Waals surface area (Å²) >= 11 is 1.26. The molecule has 0 saturated heterocycles. The van der Waals surface area contributed by atoms with Crippen LogP contribution >= 0.6 is 11.3 Å². The van der Waals surface area contributed by atoms with Crippen molar-refractivity contribution in [2.75, 3.05) is 33.2 Å². The minimum atomic E-state index is -0.317. The van der Waals surface area contributed by atoms with E-state index in [1.54, 1.807) is 25.1 Å². The monoisotopic (exact) mass is 349 g/mol. The van der Waals surface area contributed by atoms with E-state index in [1.807, 2.05) is 18.9 Å². The minimum Gasteiger partial charge on any atom is -0.337 e. The second-order valence-electron chi connectivity index (χ2n) is 5.69. The topological polar surface area (TPSA) is 36.4 Å². The Morgan fingerprint density at radius 1 is 1.21 bits per heavy atom. The van der Waals surface area contributed by atoms with Gasteiger partial charge in [-0.1, -0.05) is 19.1 Å². The first-order valence-electron chi connectivity index (χ1n) is 8.18. The van der Waals surface area contributed by atoms with Gasteiger partial charge in [-0.2, -0.15) is 0 Å². The Labute approximate surface area is 146 Å². The Morgan fingerprint density at radius 2 is 1.92 bits per heavy atom. The molecule has 2 aromatic rings. The maximum Gasteiger partial charge on any atom is 0.265 e. The molecule has 1 aromatic heterocycles. The first-order valence-corrected chi connectivity index (χ1v) is 8.99. The number of nitrogens with zero attached hydrogens (tertiary/aromatic N) is 3. The summed E-state index contributed by atoms with van der Waals surface area (Å²) in [6.45, 7) is 8.95. The maximum atomic E-state index is 14.0. The Kier molecular flexibility index (Phi) is 6.45. The van der Waals surface area contributed by atoms with E-state index in [-0.39, 0.29) is 11.7 Å². The molecule has 0 fully saturated rings. The highest BCUT2D eigenvalue weighted by Crippen LogP contribution is 2.30. The molecule has 0 aliphatic heterocycles. The van der Waals surface area contributed by atoms with Crippen LogP contribution in [0.4, 0.5) is 4.39 Å². The highest BCUT2D eigenvalue weighted by molar-refractivity contribution is 7.17. The van der Waals surface area contributed by atoms with Crippen molar-refractivity contribution in [2.24, 2.45) is 0 Å². The molecule has 0 N–H and O–H groups in total. The molecular weight excluding hydrogens is 325 g/mol. The van der Waals surface area contributed by atoms with Crippen molar-refractivity contribution in [1.82, 2.24) is 14.8 Å². The van der Waals surface area contributed by atoms with Crippen LogP contribution in [0.1, 0.15) is 29.2 Å². The van der Waals surface area contributed by atoms with Crippen molar-refractivity contribution >= 4 is 17.2 Å². The second kappa shape index (κ2) is 8.35. The number of halogens is 1. The number of carbonyl (C=O) groups is 1. The molecule has 0 radical (unpaired) electrons. The Bertz CT molecular complexity index is 701. The summed E-state index contributed by atoms with van der Waals surface area (Å²) in [4.78, 5) is 21.8. The fourth-order valence-electron chi connectivity index (χ4n) is 2.34. The van der Waals surface area contributed by atoms with E-state index in [1.165, 1.54) is 17.4 Å². The molecule has 0 saturated carbocycles. The van der Waals surface area contributed by atoms with Crippen LogP contribution in [0.3, 0.4) is 0 Å². The standard InChI is InChI=1S/C18H24FN3OS/c1-5-21(4)11-12-22(6-2)18(23)16-13(3)20-17(24-16)14-9-7-8-10-15(14)19/h7-10H,5-6,11-12H2,1-4H3. The molecule has 0 spiro atoms. The van der Waals surface area contributed by atoms with Gasteiger partial charge in [-0.25, -0.2) is 9.37 Å². The summed E-state index contributed by atoms with van der Waals surface area (Å²) in [6.07, 6.45) is 0. The predicted octanol–water partition coefficient (Wildman–Crippen LogP) is 3.67. The number of rotatable bonds is 7. The van der Waals surface area contributed by atoms with Gasteiger partial charge in [0, 0.05) is 25.2 Å². The molecule has 1 heterocycles. The molecule has 0 unspecified atom stereocenters. The van der Waals surface area contributed by atoms with Gasteiger partial charge in [-0.15, -0.1) is 11.3 Å². The lowest BCUT2D eigenvalue weighted by molar-refractivity contribution is 0.0755. The summed E-state index contributed by atoms with van der Waals surface area (Å²) in [6, 6.07) is 6.52. The quantitative estimate of drug-likeness (QED) is 0.765. The number of likely N-dealkylation sites (N-methyl/N-ethyl adjacent to an activating group) is 2. The van der Waals surface area contributed by atoms with Gasteiger partial charge in [0.1, 0.15) is 15.7 Å². The summed E-state index contributed by atoms with van der Waals surface area (Å²) in [7, 11) is 2.03. The van der Waals surface area contributed by atoms with Gasteiger partial charge in [0.05, 0.1) is 5.69 Å². The largest absolute Gasteiger partial charge is 0.337 e. The van der Waals surface area contributed by atoms with Gasteiger partial charge >= 0.3 is 0 Å². The summed E-state index contributed by atoms with van der Waals surface area (Å²) in [5.41, 5.74) is 1.10. The minimum absolute atomic E-state index is 0.0282. The van der Waals surface area contributed by atoms with Gasteiger partial charge in [0.2, 0.25) is 0 Å². The first-order chi connectivity index (χ1) is 11.5. The van der Waals surface area contributed by atoms with Crippen LogP contribution in [0.2, 0.25) is 0 Å². The molecule has 130 valence electrons. The van der Waals surface area contributed by atoms with Gasteiger partial charge in [0.25, 0.3) is 5.91 Å². The molecule has 4 nitrogen and oxygen atoms in total. The lowest BCUT2D eigenvalue weighted by atomic mass is 10.2. The second-order valence-corrected chi connectivity index (χ2v) is 6.69. The van der Waals surface area contributed by atoms with E-state index >= 15 is 0 Å². The summed E-state index contributed by atoms with van der Waals surface area (Å²) in [5, 5.41) is 0.552. The third-order valence-electron chi connectivity index (χ3n) is 4.06. The molecule has 0 aliphatic carbocycles. The molecule has 6 heteroatoms. The zero-order valence-electron chi connectivity index (χ0n) is 14.7. The average molecular weight is 349 g/mol. The van der Waals surface area contributed by atoms with Gasteiger partial charge in [0.15, 0.2) is 0 Å². The van der Waals surface area contributed by atoms with E-state index in [2.05, 4.69) is 16.8 Å². The van der Waals surface area contributed by atoms with Crippen LogP contribution < -0.4 is 0 Å². The number of hydrogen-bond donors (Lipinski definition) is 0. The predicted molar refractivity (Wildman–Crippen MR) is 97.0 cm³/mol. The zero-order valence-corrected chi connectivity index (χ0v) is 15.5. The van der Waals surface area contributed by atoms with Crippen molar-refractivity contribution in [3.63, 3.8) is 0 Å². The third kappa shape index (κ3) is 4.19. The molecule has 24 heavy (non-hydrogen) atoms. The van der Waals surface area contributed by atoms with Crippen molar-refractivity contribution < 1.29 is 9.18 Å². The van der Waals surface area contributed by atoms with Crippen molar-refractivity contribution in [3.8, 4) is 10.6 Å². The number of aryl methyl sites for hydroxylation is 1. The Balaban J connectivity index is 2.22. The number of amides is 1. The molecular formula is C18H24FN3OS. The van der Waals surface area contributed by atoms with Crippen molar-refractivity contribution in [1.29, 1.82) is 0 Å². The number of carbonyl (C=O) groups excluding carboxylic acids is 1. The van der Waals surface area contributed by atoms with Gasteiger partial charge in [-0.3, -0.25) is 4.79 Å². The number of thiazole rings is 1. The van der Waals surface area contributed by atoms with Gasteiger partial charge < -0.3 is 9.80 Å². The smallest absolute Gasteiger partial charge is 0.265 e. The molecule has 0 aliphatic rings. The molecule has 1 amide bonds. The van der Waals surface area contributed by atoms with Crippen LogP contribution in [-0.4, -0.2) is 53.9 Å². The Hall–Kier alpha value is -1.79. The maximum absolute atomic E-state index is 14.0. The highest BCUT2D eigenvalue weighted by atomic mass is 32.1. The fourth-order valence-corrected chi connectivity index (χ4v) is 3.40. The van der Waals surface area contributed by atoms with E-state index in [0.717, 1.165) is 13.1 Å². The zero-order chi connectivity index (χ0) is 17.7. The lowest BCUT2D eigenvalue weighted by Gasteiger charge is -2.23. The van der Waals surface area contributed by atoms with Crippen LogP contribution in [0, 0.1) is 12.7 Å². The van der Waals surface area contributed by atoms with Crippen LogP contribution in [-0.2, 0) is 0 Å². The summed E-state index contributed by atoms with van der Waals surface area (Å²) in [5.74, 6) is -0.346. The van der Waals surface area contributed by atoms with Crippen LogP contribution in [0.5, 0.6) is 0 Å². The Morgan fingerprint density at radius 3 is 2.54 bits per heavy atom. The van der Waals surface area contributed by atoms with E-state index in [4.69, 9.17) is 0 Å². The molecule has 0 bridgehead atoms. The van der Waals surface area contributed by atoms with Crippen molar-refractivity contribution in [3.05, 3.63) is 40.7 Å². The SMILES string of the molecule is CCN(C)CCN(CC)C(=O)c1sc(-c2ccccc2F)nc1C.